The Morgan fingerprint density at radius 2 is 1.91 bits per heavy atom. The highest BCUT2D eigenvalue weighted by Gasteiger charge is 2.23. The monoisotopic (exact) mass is 348 g/mol. The van der Waals surface area contributed by atoms with Gasteiger partial charge in [-0.25, -0.2) is 8.78 Å². The van der Waals surface area contributed by atoms with Gasteiger partial charge in [-0.3, -0.25) is 4.79 Å². The summed E-state index contributed by atoms with van der Waals surface area (Å²) < 4.78 is 24.8. The lowest BCUT2D eigenvalue weighted by Gasteiger charge is -2.18. The van der Waals surface area contributed by atoms with Crippen LogP contribution in [0.2, 0.25) is 0 Å². The van der Waals surface area contributed by atoms with Crippen molar-refractivity contribution in [3.8, 4) is 0 Å². The van der Waals surface area contributed by atoms with Gasteiger partial charge in [0.1, 0.15) is 0 Å². The van der Waals surface area contributed by atoms with Gasteiger partial charge in [0.15, 0.2) is 5.01 Å². The van der Waals surface area contributed by atoms with Gasteiger partial charge in [-0.2, -0.15) is 0 Å². The van der Waals surface area contributed by atoms with Crippen LogP contribution in [-0.4, -0.2) is 16.1 Å². The van der Waals surface area contributed by atoms with E-state index < -0.39 is 23.4 Å². The fraction of sp³-hybridized carbons (Fsp3) is 0.308. The number of benzene rings is 1. The SMILES string of the molecule is CC(C(=O)Nc1nnc(C(F)F)s1)C(N)c1ccccc1.Cl. The van der Waals surface area contributed by atoms with Crippen molar-refractivity contribution in [2.24, 2.45) is 11.7 Å². The third-order valence-corrected chi connectivity index (χ3v) is 3.84. The Kier molecular flexibility index (Phi) is 6.79. The van der Waals surface area contributed by atoms with E-state index in [1.807, 2.05) is 30.3 Å². The molecule has 0 spiro atoms. The van der Waals surface area contributed by atoms with Gasteiger partial charge < -0.3 is 11.1 Å². The van der Waals surface area contributed by atoms with E-state index in [9.17, 15) is 13.6 Å². The van der Waals surface area contributed by atoms with Gasteiger partial charge in [0.25, 0.3) is 6.43 Å². The molecule has 0 fully saturated rings. The van der Waals surface area contributed by atoms with Gasteiger partial charge in [0, 0.05) is 6.04 Å². The first-order valence-corrected chi connectivity index (χ1v) is 7.03. The summed E-state index contributed by atoms with van der Waals surface area (Å²) in [5.41, 5.74) is 6.86. The van der Waals surface area contributed by atoms with E-state index in [0.717, 1.165) is 5.56 Å². The maximum atomic E-state index is 12.4. The summed E-state index contributed by atoms with van der Waals surface area (Å²) in [4.78, 5) is 12.1. The molecule has 2 unspecified atom stereocenters. The van der Waals surface area contributed by atoms with Crippen molar-refractivity contribution in [3.63, 3.8) is 0 Å². The zero-order valence-corrected chi connectivity index (χ0v) is 13.2. The molecule has 22 heavy (non-hydrogen) atoms. The van der Waals surface area contributed by atoms with Crippen molar-refractivity contribution in [1.29, 1.82) is 0 Å². The van der Waals surface area contributed by atoms with E-state index >= 15 is 0 Å². The van der Waals surface area contributed by atoms with Crippen LogP contribution < -0.4 is 11.1 Å². The highest BCUT2D eigenvalue weighted by molar-refractivity contribution is 7.15. The molecule has 1 aromatic heterocycles. The zero-order valence-electron chi connectivity index (χ0n) is 11.6. The molecule has 2 rings (SSSR count). The largest absolute Gasteiger partial charge is 0.323 e. The van der Waals surface area contributed by atoms with Crippen LogP contribution in [0.25, 0.3) is 0 Å². The van der Waals surface area contributed by atoms with Gasteiger partial charge in [-0.1, -0.05) is 48.6 Å². The molecule has 0 aliphatic carbocycles. The molecular formula is C13H15ClF2N4OS. The van der Waals surface area contributed by atoms with Crippen LogP contribution in [0, 0.1) is 5.92 Å². The molecule has 9 heteroatoms. The van der Waals surface area contributed by atoms with Crippen molar-refractivity contribution in [1.82, 2.24) is 10.2 Å². The van der Waals surface area contributed by atoms with E-state index in [1.54, 1.807) is 6.92 Å². The number of amides is 1. The summed E-state index contributed by atoms with van der Waals surface area (Å²) in [6.45, 7) is 1.67. The van der Waals surface area contributed by atoms with Crippen LogP contribution in [0.15, 0.2) is 30.3 Å². The molecule has 5 nitrogen and oxygen atoms in total. The maximum Gasteiger partial charge on any atom is 0.291 e. The van der Waals surface area contributed by atoms with Crippen LogP contribution in [0.1, 0.15) is 30.0 Å². The Hall–Kier alpha value is -1.64. The molecule has 0 aliphatic heterocycles. The van der Waals surface area contributed by atoms with E-state index in [-0.39, 0.29) is 23.4 Å². The molecule has 1 amide bonds. The Balaban J connectivity index is 0.00000242. The Bertz CT molecular complexity index is 611. The van der Waals surface area contributed by atoms with Gasteiger partial charge >= 0.3 is 0 Å². The Morgan fingerprint density at radius 1 is 1.27 bits per heavy atom. The Morgan fingerprint density at radius 3 is 2.45 bits per heavy atom. The standard InChI is InChI=1S/C13H14F2N4OS.ClH/c1-7(9(16)8-5-3-2-4-6-8)11(20)17-13-19-18-12(21-13)10(14)15;/h2-7,9-10H,16H2,1H3,(H,17,19,20);1H. The fourth-order valence-electron chi connectivity index (χ4n) is 1.72. The second-order valence-electron chi connectivity index (χ2n) is 4.46. The first-order valence-electron chi connectivity index (χ1n) is 6.22. The normalized spacial score (nSPS) is 13.3. The number of carbonyl (C=O) groups excluding carboxylic acids is 1. The number of rotatable bonds is 5. The third kappa shape index (κ3) is 4.43. The molecule has 0 bridgehead atoms. The topological polar surface area (TPSA) is 80.9 Å². The number of anilines is 1. The van der Waals surface area contributed by atoms with Crippen LogP contribution in [-0.2, 0) is 4.79 Å². The quantitative estimate of drug-likeness (QED) is 0.869. The maximum absolute atomic E-state index is 12.4. The summed E-state index contributed by atoms with van der Waals surface area (Å²) in [6.07, 6.45) is -2.70. The van der Waals surface area contributed by atoms with Gasteiger partial charge in [0.05, 0.1) is 5.92 Å². The lowest BCUT2D eigenvalue weighted by atomic mass is 9.95. The van der Waals surface area contributed by atoms with Crippen LogP contribution in [0.4, 0.5) is 13.9 Å². The van der Waals surface area contributed by atoms with E-state index in [0.29, 0.717) is 11.3 Å². The van der Waals surface area contributed by atoms with Crippen molar-refractivity contribution < 1.29 is 13.6 Å². The number of hydrogen-bond acceptors (Lipinski definition) is 5. The van der Waals surface area contributed by atoms with Gasteiger partial charge in [0.2, 0.25) is 11.0 Å². The van der Waals surface area contributed by atoms with Crippen molar-refractivity contribution in [2.45, 2.75) is 19.4 Å². The highest BCUT2D eigenvalue weighted by atomic mass is 35.5. The van der Waals surface area contributed by atoms with E-state index in [2.05, 4.69) is 15.5 Å². The predicted octanol–water partition coefficient (Wildman–Crippen LogP) is 3.17. The number of nitrogens with zero attached hydrogens (tertiary/aromatic N) is 2. The second-order valence-corrected chi connectivity index (χ2v) is 5.47. The first kappa shape index (κ1) is 18.4. The summed E-state index contributed by atoms with van der Waals surface area (Å²) in [5, 5.41) is 8.89. The summed E-state index contributed by atoms with van der Waals surface area (Å²) in [7, 11) is 0. The minimum absolute atomic E-state index is 0. The molecule has 2 atom stereocenters. The van der Waals surface area contributed by atoms with Crippen LogP contribution >= 0.6 is 23.7 Å². The molecule has 0 saturated carbocycles. The van der Waals surface area contributed by atoms with Gasteiger partial charge in [-0.05, 0) is 5.56 Å². The fourth-order valence-corrected chi connectivity index (χ4v) is 2.32. The molecule has 1 aromatic carbocycles. The number of halogens is 3. The molecule has 0 radical (unpaired) electrons. The zero-order chi connectivity index (χ0) is 15.4. The molecule has 3 N–H and O–H groups in total. The minimum Gasteiger partial charge on any atom is -0.323 e. The number of aromatic nitrogens is 2. The first-order chi connectivity index (χ1) is 9.99. The molecule has 0 aliphatic rings. The van der Waals surface area contributed by atoms with Crippen molar-refractivity contribution >= 4 is 34.8 Å². The summed E-state index contributed by atoms with van der Waals surface area (Å²) >= 11 is 0.649. The lowest BCUT2D eigenvalue weighted by molar-refractivity contribution is -0.120. The number of nitrogens with one attached hydrogen (secondary N) is 1. The van der Waals surface area contributed by atoms with Crippen LogP contribution in [0.3, 0.4) is 0 Å². The second kappa shape index (κ2) is 8.11. The lowest BCUT2D eigenvalue weighted by Crippen LogP contribution is -2.30. The predicted molar refractivity (Wildman–Crippen MR) is 83.3 cm³/mol. The highest BCUT2D eigenvalue weighted by Crippen LogP contribution is 2.26. The third-order valence-electron chi connectivity index (χ3n) is 2.99. The number of carbonyl (C=O) groups is 1. The number of hydrogen-bond donors (Lipinski definition) is 2. The molecule has 2 aromatic rings. The summed E-state index contributed by atoms with van der Waals surface area (Å²) in [5.74, 6) is -0.922. The minimum atomic E-state index is -2.70. The molecule has 120 valence electrons. The van der Waals surface area contributed by atoms with E-state index in [1.165, 1.54) is 0 Å². The van der Waals surface area contributed by atoms with Gasteiger partial charge in [-0.15, -0.1) is 22.6 Å². The number of alkyl halides is 2. The summed E-state index contributed by atoms with van der Waals surface area (Å²) in [6, 6.07) is 8.68. The van der Waals surface area contributed by atoms with Crippen LogP contribution in [0.5, 0.6) is 0 Å². The Labute approximate surface area is 136 Å². The molecular weight excluding hydrogens is 334 g/mol. The average Bonchev–Trinajstić information content (AvgIpc) is 2.95. The molecule has 1 heterocycles. The smallest absolute Gasteiger partial charge is 0.291 e. The van der Waals surface area contributed by atoms with Crippen molar-refractivity contribution in [3.05, 3.63) is 40.9 Å². The molecule has 0 saturated heterocycles. The van der Waals surface area contributed by atoms with Crippen molar-refractivity contribution in [2.75, 3.05) is 5.32 Å². The average molecular weight is 349 g/mol. The number of nitrogens with two attached hydrogens (primary N) is 1. The van der Waals surface area contributed by atoms with E-state index in [4.69, 9.17) is 5.73 Å².